The molecule has 1 saturated heterocycles. The molecular weight excluding hydrogens is 328 g/mol. The molecule has 0 N–H and O–H groups in total. The molecule has 1 heterocycles. The molecule has 4 unspecified atom stereocenters. The van der Waals surface area contributed by atoms with Gasteiger partial charge in [-0.3, -0.25) is 0 Å². The van der Waals surface area contributed by atoms with Crippen LogP contribution in [0.2, 0.25) is 26.2 Å². The molecule has 0 spiro atoms. The maximum Gasteiger partial charge on any atom is 0.481 e. The number of rotatable bonds is 6. The zero-order valence-corrected chi connectivity index (χ0v) is 17.7. The van der Waals surface area contributed by atoms with Gasteiger partial charge in [-0.25, -0.2) is 0 Å². The van der Waals surface area contributed by atoms with Gasteiger partial charge in [-0.1, -0.05) is 13.8 Å². The molecule has 0 aliphatic carbocycles. The van der Waals surface area contributed by atoms with Crippen LogP contribution in [0.4, 0.5) is 0 Å². The van der Waals surface area contributed by atoms with Crippen molar-refractivity contribution >= 4 is 36.2 Å². The predicted octanol–water partition coefficient (Wildman–Crippen LogP) is 1.76. The fourth-order valence-corrected chi connectivity index (χ4v) is 16.6. The normalized spacial score (nSPS) is 39.3. The van der Waals surface area contributed by atoms with E-state index in [0.717, 1.165) is 12.8 Å². The van der Waals surface area contributed by atoms with Crippen molar-refractivity contribution in [3.8, 4) is 0 Å². The van der Waals surface area contributed by atoms with E-state index in [9.17, 15) is 0 Å². The summed E-state index contributed by atoms with van der Waals surface area (Å²) in [6.45, 7) is 13.2. The summed E-state index contributed by atoms with van der Waals surface area (Å²) >= 11 is 0. The van der Waals surface area contributed by atoms with E-state index in [0.29, 0.717) is 13.2 Å². The molecule has 0 aromatic heterocycles. The summed E-state index contributed by atoms with van der Waals surface area (Å²) in [4.78, 5) is 0. The van der Waals surface area contributed by atoms with Crippen molar-refractivity contribution in [2.45, 2.75) is 52.9 Å². The molecule has 0 amide bonds. The van der Waals surface area contributed by atoms with Crippen LogP contribution in [0, 0.1) is 0 Å². The Morgan fingerprint density at radius 1 is 0.850 bits per heavy atom. The fourth-order valence-electron chi connectivity index (χ4n) is 2.02. The second-order valence-corrected chi connectivity index (χ2v) is 15.1. The van der Waals surface area contributed by atoms with Gasteiger partial charge in [0.2, 0.25) is 0 Å². The number of hydrogen-bond donors (Lipinski definition) is 0. The van der Waals surface area contributed by atoms with Crippen LogP contribution in [0.1, 0.15) is 26.7 Å². The summed E-state index contributed by atoms with van der Waals surface area (Å²) < 4.78 is 35.9. The van der Waals surface area contributed by atoms with E-state index in [1.807, 2.05) is 26.2 Å². The lowest BCUT2D eigenvalue weighted by Crippen LogP contribution is -2.62. The maximum atomic E-state index is 6.19. The van der Waals surface area contributed by atoms with Crippen LogP contribution in [0.15, 0.2) is 0 Å². The maximum absolute atomic E-state index is 6.19. The molecule has 1 fully saturated rings. The van der Waals surface area contributed by atoms with Crippen LogP contribution in [0.3, 0.4) is 0 Å². The molecular formula is C10H28O6Si4. The topological polar surface area (TPSA) is 55.4 Å². The minimum Gasteiger partial charge on any atom is -0.420 e. The standard InChI is InChI=1S/C10H28O6Si4/c1-7-9-11-19(5)14-17(3)13-18(4)15-20(6,16-19)12-10-8-2/h17-18H,7-10H2,1-6H3. The van der Waals surface area contributed by atoms with Crippen molar-refractivity contribution in [2.75, 3.05) is 13.2 Å². The molecule has 4 atom stereocenters. The summed E-state index contributed by atoms with van der Waals surface area (Å²) in [7, 11) is -9.02. The Bertz CT molecular complexity index is 273. The molecule has 10 heteroatoms. The molecule has 20 heavy (non-hydrogen) atoms. The Kier molecular flexibility index (Phi) is 7.76. The first-order chi connectivity index (χ1) is 9.32. The lowest BCUT2D eigenvalue weighted by molar-refractivity contribution is 0.0871. The van der Waals surface area contributed by atoms with Gasteiger partial charge in [0.05, 0.1) is 0 Å². The molecule has 1 rings (SSSR count). The fraction of sp³-hybridized carbons (Fsp3) is 1.00. The van der Waals surface area contributed by atoms with Crippen molar-refractivity contribution < 1.29 is 25.3 Å². The van der Waals surface area contributed by atoms with Crippen LogP contribution in [-0.4, -0.2) is 49.4 Å². The second-order valence-electron chi connectivity index (χ2n) is 5.03. The Balaban J connectivity index is 2.83. The third kappa shape index (κ3) is 6.17. The highest BCUT2D eigenvalue weighted by Gasteiger charge is 2.51. The first-order valence-electron chi connectivity index (χ1n) is 7.31. The van der Waals surface area contributed by atoms with Crippen LogP contribution < -0.4 is 0 Å². The molecule has 0 aromatic rings. The van der Waals surface area contributed by atoms with E-state index >= 15 is 0 Å². The van der Waals surface area contributed by atoms with E-state index in [-0.39, 0.29) is 0 Å². The first-order valence-corrected chi connectivity index (χ1v) is 16.0. The van der Waals surface area contributed by atoms with Gasteiger partial charge in [0.15, 0.2) is 0 Å². The van der Waals surface area contributed by atoms with Crippen molar-refractivity contribution in [2.24, 2.45) is 0 Å². The summed E-state index contributed by atoms with van der Waals surface area (Å²) in [6.07, 6.45) is 1.85. The van der Waals surface area contributed by atoms with Gasteiger partial charge >= 0.3 is 36.2 Å². The average Bonchev–Trinajstić information content (AvgIpc) is 2.31. The highest BCUT2D eigenvalue weighted by atomic mass is 28.5. The van der Waals surface area contributed by atoms with Gasteiger partial charge in [0, 0.05) is 26.3 Å². The SMILES string of the molecule is CCCO[Si]1(C)O[SiH](C)O[SiH](C)O[Si](C)(OCCC)O1. The molecule has 0 radical (unpaired) electrons. The molecule has 1 aliphatic heterocycles. The zero-order chi connectivity index (χ0) is 15.2. The third-order valence-electron chi connectivity index (χ3n) is 2.65. The van der Waals surface area contributed by atoms with Crippen molar-refractivity contribution in [1.29, 1.82) is 0 Å². The minimum atomic E-state index is -2.75. The Labute approximate surface area is 128 Å². The van der Waals surface area contributed by atoms with E-state index in [4.69, 9.17) is 25.3 Å². The van der Waals surface area contributed by atoms with E-state index < -0.39 is 36.2 Å². The Morgan fingerprint density at radius 3 is 1.60 bits per heavy atom. The van der Waals surface area contributed by atoms with Gasteiger partial charge < -0.3 is 25.3 Å². The van der Waals surface area contributed by atoms with Gasteiger partial charge in [-0.15, -0.1) is 0 Å². The smallest absolute Gasteiger partial charge is 0.420 e. The highest BCUT2D eigenvalue weighted by Crippen LogP contribution is 2.24. The van der Waals surface area contributed by atoms with E-state index in [1.165, 1.54) is 0 Å². The van der Waals surface area contributed by atoms with Crippen molar-refractivity contribution in [3.05, 3.63) is 0 Å². The number of hydrogen-bond acceptors (Lipinski definition) is 6. The van der Waals surface area contributed by atoms with Gasteiger partial charge in [-0.2, -0.15) is 0 Å². The monoisotopic (exact) mass is 356 g/mol. The summed E-state index contributed by atoms with van der Waals surface area (Å²) in [5, 5.41) is 0. The molecule has 6 nitrogen and oxygen atoms in total. The van der Waals surface area contributed by atoms with Gasteiger partial charge in [0.25, 0.3) is 0 Å². The van der Waals surface area contributed by atoms with E-state index in [2.05, 4.69) is 13.8 Å². The third-order valence-corrected chi connectivity index (χ3v) is 16.2. The molecule has 0 aromatic carbocycles. The second kappa shape index (κ2) is 8.31. The van der Waals surface area contributed by atoms with Crippen molar-refractivity contribution in [3.63, 3.8) is 0 Å². The zero-order valence-electron chi connectivity index (χ0n) is 13.4. The van der Waals surface area contributed by atoms with Crippen LogP contribution in [-0.2, 0) is 25.3 Å². The van der Waals surface area contributed by atoms with Gasteiger partial charge in [0.1, 0.15) is 0 Å². The largest absolute Gasteiger partial charge is 0.481 e. The van der Waals surface area contributed by atoms with Crippen LogP contribution >= 0.6 is 0 Å². The Morgan fingerprint density at radius 2 is 1.25 bits per heavy atom. The molecule has 1 aliphatic rings. The summed E-state index contributed by atoms with van der Waals surface area (Å²) in [5.74, 6) is 0. The minimum absolute atomic E-state index is 0.620. The van der Waals surface area contributed by atoms with Crippen LogP contribution in [0.5, 0.6) is 0 Å². The molecule has 120 valence electrons. The lowest BCUT2D eigenvalue weighted by atomic mass is 10.5. The predicted molar refractivity (Wildman–Crippen MR) is 86.1 cm³/mol. The quantitative estimate of drug-likeness (QED) is 0.676. The highest BCUT2D eigenvalue weighted by molar-refractivity contribution is 6.82. The average molecular weight is 357 g/mol. The lowest BCUT2D eigenvalue weighted by Gasteiger charge is -2.40. The Hall–Kier alpha value is 0.628. The van der Waals surface area contributed by atoms with E-state index in [1.54, 1.807) is 0 Å². The van der Waals surface area contributed by atoms with Crippen LogP contribution in [0.25, 0.3) is 0 Å². The summed E-state index contributed by atoms with van der Waals surface area (Å²) in [5.41, 5.74) is 0. The van der Waals surface area contributed by atoms with Gasteiger partial charge in [-0.05, 0) is 25.9 Å². The molecule has 0 bridgehead atoms. The summed E-state index contributed by atoms with van der Waals surface area (Å²) in [6, 6.07) is 0. The molecule has 0 saturated carbocycles. The first kappa shape index (κ1) is 18.7. The van der Waals surface area contributed by atoms with Crippen molar-refractivity contribution in [1.82, 2.24) is 0 Å².